The number of nitrogen functional groups attached to an aromatic ring is 1. The molecule has 2 heterocycles. The van der Waals surface area contributed by atoms with E-state index in [2.05, 4.69) is 10.3 Å². The van der Waals surface area contributed by atoms with Crippen molar-refractivity contribution in [2.75, 3.05) is 18.8 Å². The Morgan fingerprint density at radius 1 is 1.32 bits per heavy atom. The van der Waals surface area contributed by atoms with E-state index in [4.69, 9.17) is 17.3 Å². The molecule has 1 aromatic carbocycles. The van der Waals surface area contributed by atoms with E-state index in [1.54, 1.807) is 12.3 Å². The largest absolute Gasteiger partial charge is 0.384 e. The van der Waals surface area contributed by atoms with Gasteiger partial charge in [-0.3, -0.25) is 0 Å². The van der Waals surface area contributed by atoms with Crippen LogP contribution in [0.2, 0.25) is 5.02 Å². The fourth-order valence-corrected chi connectivity index (χ4v) is 2.97. The molecule has 2 atom stereocenters. The van der Waals surface area contributed by atoms with Gasteiger partial charge >= 0.3 is 0 Å². The minimum absolute atomic E-state index is 0.146. The maximum atomic E-state index is 14.0. The molecule has 100 valence electrons. The highest BCUT2D eigenvalue weighted by atomic mass is 35.5. The SMILES string of the molecule is Nc1cc2cc(C3CCNCC3F)c(Cl)cc2cn1. The highest BCUT2D eigenvalue weighted by Gasteiger charge is 2.27. The van der Waals surface area contributed by atoms with Crippen molar-refractivity contribution in [2.24, 2.45) is 0 Å². The fraction of sp³-hybridized carbons (Fsp3) is 0.357. The summed E-state index contributed by atoms with van der Waals surface area (Å²) in [6.07, 6.45) is 1.55. The topological polar surface area (TPSA) is 50.9 Å². The van der Waals surface area contributed by atoms with Gasteiger partial charge in [-0.2, -0.15) is 0 Å². The van der Waals surface area contributed by atoms with E-state index in [-0.39, 0.29) is 5.92 Å². The second kappa shape index (κ2) is 4.94. The van der Waals surface area contributed by atoms with E-state index in [0.29, 0.717) is 17.4 Å². The van der Waals surface area contributed by atoms with Gasteiger partial charge in [0.2, 0.25) is 0 Å². The molecule has 0 bridgehead atoms. The first-order valence-electron chi connectivity index (χ1n) is 6.34. The number of fused-ring (bicyclic) bond motifs is 1. The number of aromatic nitrogens is 1. The molecule has 1 saturated heterocycles. The van der Waals surface area contributed by atoms with E-state index in [1.807, 2.05) is 12.1 Å². The van der Waals surface area contributed by atoms with E-state index in [0.717, 1.165) is 29.3 Å². The highest BCUT2D eigenvalue weighted by Crippen LogP contribution is 2.35. The molecule has 1 aliphatic rings. The third kappa shape index (κ3) is 2.38. The second-order valence-corrected chi connectivity index (χ2v) is 5.35. The Hall–Kier alpha value is -1.39. The lowest BCUT2D eigenvalue weighted by atomic mass is 9.87. The van der Waals surface area contributed by atoms with Gasteiger partial charge in [0, 0.05) is 29.1 Å². The molecule has 0 aliphatic carbocycles. The molecule has 0 spiro atoms. The molecule has 0 saturated carbocycles. The molecule has 3 rings (SSSR count). The van der Waals surface area contributed by atoms with Crippen LogP contribution in [0, 0.1) is 0 Å². The number of halogens is 2. The van der Waals surface area contributed by atoms with Crippen LogP contribution in [0.15, 0.2) is 24.4 Å². The zero-order valence-corrected chi connectivity index (χ0v) is 11.1. The number of hydrogen-bond donors (Lipinski definition) is 2. The molecule has 3 N–H and O–H groups in total. The number of nitrogens with zero attached hydrogens (tertiary/aromatic N) is 1. The van der Waals surface area contributed by atoms with Crippen LogP contribution >= 0.6 is 11.6 Å². The average Bonchev–Trinajstić information content (AvgIpc) is 2.39. The van der Waals surface area contributed by atoms with Crippen LogP contribution in [0.4, 0.5) is 10.2 Å². The van der Waals surface area contributed by atoms with Gasteiger partial charge in [0.05, 0.1) is 0 Å². The van der Waals surface area contributed by atoms with Crippen molar-refractivity contribution in [1.29, 1.82) is 0 Å². The molecule has 2 aromatic rings. The van der Waals surface area contributed by atoms with Gasteiger partial charge in [0.15, 0.2) is 0 Å². The number of alkyl halides is 1. The number of piperidine rings is 1. The summed E-state index contributed by atoms with van der Waals surface area (Å²) in [6, 6.07) is 5.58. The molecular weight excluding hydrogens is 265 g/mol. The van der Waals surface area contributed by atoms with Gasteiger partial charge in [-0.1, -0.05) is 11.6 Å². The number of nitrogens with one attached hydrogen (secondary N) is 1. The smallest absolute Gasteiger partial charge is 0.123 e. The predicted octanol–water partition coefficient (Wildman–Crippen LogP) is 2.89. The van der Waals surface area contributed by atoms with Crippen molar-refractivity contribution >= 4 is 28.2 Å². The van der Waals surface area contributed by atoms with Crippen molar-refractivity contribution in [3.8, 4) is 0 Å². The van der Waals surface area contributed by atoms with Crippen molar-refractivity contribution < 1.29 is 4.39 Å². The van der Waals surface area contributed by atoms with E-state index in [9.17, 15) is 4.39 Å². The summed E-state index contributed by atoms with van der Waals surface area (Å²) < 4.78 is 14.0. The van der Waals surface area contributed by atoms with Gasteiger partial charge in [0.1, 0.15) is 12.0 Å². The summed E-state index contributed by atoms with van der Waals surface area (Å²) in [5.74, 6) is 0.315. The Bertz CT molecular complexity index is 617. The molecule has 2 unspecified atom stereocenters. The number of hydrogen-bond acceptors (Lipinski definition) is 3. The zero-order valence-electron chi connectivity index (χ0n) is 10.4. The van der Waals surface area contributed by atoms with Crippen molar-refractivity contribution in [1.82, 2.24) is 10.3 Å². The van der Waals surface area contributed by atoms with Gasteiger partial charge in [0.25, 0.3) is 0 Å². The summed E-state index contributed by atoms with van der Waals surface area (Å²) in [6.45, 7) is 1.20. The number of nitrogens with two attached hydrogens (primary N) is 1. The molecule has 3 nitrogen and oxygen atoms in total. The van der Waals surface area contributed by atoms with Crippen molar-refractivity contribution in [3.05, 3.63) is 35.0 Å². The lowest BCUT2D eigenvalue weighted by molar-refractivity contribution is 0.231. The fourth-order valence-electron chi connectivity index (χ4n) is 2.66. The van der Waals surface area contributed by atoms with Crippen LogP contribution in [0.25, 0.3) is 10.8 Å². The Morgan fingerprint density at radius 2 is 2.16 bits per heavy atom. The number of anilines is 1. The maximum absolute atomic E-state index is 14.0. The summed E-state index contributed by atoms with van der Waals surface area (Å²) in [4.78, 5) is 4.04. The normalized spacial score (nSPS) is 23.7. The number of pyridine rings is 1. The summed E-state index contributed by atoms with van der Waals surface area (Å²) in [5, 5.41) is 5.54. The lowest BCUT2D eigenvalue weighted by Crippen LogP contribution is -2.36. The molecule has 1 aliphatic heterocycles. The van der Waals surface area contributed by atoms with Gasteiger partial charge in [-0.15, -0.1) is 0 Å². The molecule has 19 heavy (non-hydrogen) atoms. The summed E-state index contributed by atoms with van der Waals surface area (Å²) in [7, 11) is 0. The van der Waals surface area contributed by atoms with Crippen LogP contribution in [-0.4, -0.2) is 24.2 Å². The Morgan fingerprint density at radius 3 is 2.95 bits per heavy atom. The van der Waals surface area contributed by atoms with Gasteiger partial charge in [-0.25, -0.2) is 9.37 Å². The van der Waals surface area contributed by atoms with Crippen LogP contribution in [-0.2, 0) is 0 Å². The molecule has 0 amide bonds. The van der Waals surface area contributed by atoms with E-state index < -0.39 is 6.17 Å². The summed E-state index contributed by atoms with van der Waals surface area (Å²) in [5.41, 5.74) is 6.56. The van der Waals surface area contributed by atoms with Gasteiger partial charge in [-0.05, 0) is 42.1 Å². The number of benzene rings is 1. The third-order valence-corrected chi connectivity index (χ3v) is 3.99. The first kappa shape index (κ1) is 12.6. The monoisotopic (exact) mass is 279 g/mol. The summed E-state index contributed by atoms with van der Waals surface area (Å²) >= 11 is 6.30. The highest BCUT2D eigenvalue weighted by molar-refractivity contribution is 6.32. The van der Waals surface area contributed by atoms with E-state index >= 15 is 0 Å². The average molecular weight is 280 g/mol. The minimum Gasteiger partial charge on any atom is -0.384 e. The second-order valence-electron chi connectivity index (χ2n) is 4.95. The Kier molecular flexibility index (Phi) is 3.29. The zero-order chi connectivity index (χ0) is 13.4. The standard InChI is InChI=1S/C14H15ClFN3/c15-12-4-9-6-19-14(17)5-8(9)3-11(12)10-1-2-18-7-13(10)16/h3-6,10,13,18H,1-2,7H2,(H2,17,19). The molecule has 1 fully saturated rings. The predicted molar refractivity (Wildman–Crippen MR) is 76.3 cm³/mol. The van der Waals surface area contributed by atoms with Crippen LogP contribution < -0.4 is 11.1 Å². The van der Waals surface area contributed by atoms with Crippen molar-refractivity contribution in [2.45, 2.75) is 18.5 Å². The molecule has 0 radical (unpaired) electrons. The molecular formula is C14H15ClFN3. The Labute approximate surface area is 116 Å². The maximum Gasteiger partial charge on any atom is 0.123 e. The third-order valence-electron chi connectivity index (χ3n) is 3.67. The van der Waals surface area contributed by atoms with Crippen LogP contribution in [0.5, 0.6) is 0 Å². The molecule has 1 aromatic heterocycles. The van der Waals surface area contributed by atoms with Crippen LogP contribution in [0.1, 0.15) is 17.9 Å². The molecule has 5 heteroatoms. The first-order chi connectivity index (χ1) is 9.15. The first-order valence-corrected chi connectivity index (χ1v) is 6.72. The van der Waals surface area contributed by atoms with E-state index in [1.165, 1.54) is 0 Å². The minimum atomic E-state index is -0.900. The van der Waals surface area contributed by atoms with Crippen LogP contribution in [0.3, 0.4) is 0 Å². The van der Waals surface area contributed by atoms with Crippen molar-refractivity contribution in [3.63, 3.8) is 0 Å². The quantitative estimate of drug-likeness (QED) is 0.844. The number of rotatable bonds is 1. The van der Waals surface area contributed by atoms with Gasteiger partial charge < -0.3 is 11.1 Å². The lowest BCUT2D eigenvalue weighted by Gasteiger charge is -2.28. The Balaban J connectivity index is 2.09.